The highest BCUT2D eigenvalue weighted by Crippen LogP contribution is 2.28. The van der Waals surface area contributed by atoms with Crippen molar-refractivity contribution < 1.29 is 4.42 Å². The molecule has 1 aromatic heterocycles. The SMILES string of the molecule is NCC1CCNCC1c1ccco1. The molecule has 0 saturated carbocycles. The lowest BCUT2D eigenvalue weighted by Crippen LogP contribution is -2.38. The summed E-state index contributed by atoms with van der Waals surface area (Å²) in [6.07, 6.45) is 2.89. The van der Waals surface area contributed by atoms with Crippen LogP contribution in [-0.4, -0.2) is 19.6 Å². The molecule has 0 spiro atoms. The molecule has 1 aliphatic rings. The quantitative estimate of drug-likeness (QED) is 0.712. The van der Waals surface area contributed by atoms with Crippen LogP contribution in [0.15, 0.2) is 22.8 Å². The molecule has 3 nitrogen and oxygen atoms in total. The van der Waals surface area contributed by atoms with Gasteiger partial charge in [-0.3, -0.25) is 0 Å². The molecule has 1 aromatic rings. The highest BCUT2D eigenvalue weighted by atomic mass is 16.3. The van der Waals surface area contributed by atoms with E-state index in [0.717, 1.165) is 31.8 Å². The lowest BCUT2D eigenvalue weighted by Gasteiger charge is -2.29. The predicted octanol–water partition coefficient (Wildman–Crippen LogP) is 0.931. The number of nitrogens with one attached hydrogen (secondary N) is 1. The van der Waals surface area contributed by atoms with Crippen LogP contribution in [0.1, 0.15) is 18.1 Å². The minimum atomic E-state index is 0.466. The van der Waals surface area contributed by atoms with Crippen molar-refractivity contribution in [1.29, 1.82) is 0 Å². The maximum Gasteiger partial charge on any atom is 0.108 e. The van der Waals surface area contributed by atoms with Crippen molar-refractivity contribution in [2.45, 2.75) is 12.3 Å². The Morgan fingerprint density at radius 2 is 2.54 bits per heavy atom. The Morgan fingerprint density at radius 1 is 1.62 bits per heavy atom. The molecule has 2 rings (SSSR count). The van der Waals surface area contributed by atoms with Crippen LogP contribution in [0.3, 0.4) is 0 Å². The van der Waals surface area contributed by atoms with Crippen molar-refractivity contribution in [3.63, 3.8) is 0 Å². The summed E-state index contributed by atoms with van der Waals surface area (Å²) in [5, 5.41) is 3.37. The lowest BCUT2D eigenvalue weighted by molar-refractivity contribution is 0.293. The van der Waals surface area contributed by atoms with Gasteiger partial charge in [0.05, 0.1) is 6.26 Å². The van der Waals surface area contributed by atoms with Crippen molar-refractivity contribution >= 4 is 0 Å². The second-order valence-corrected chi connectivity index (χ2v) is 3.61. The molecule has 13 heavy (non-hydrogen) atoms. The largest absolute Gasteiger partial charge is 0.469 e. The van der Waals surface area contributed by atoms with Crippen LogP contribution in [-0.2, 0) is 0 Å². The smallest absolute Gasteiger partial charge is 0.108 e. The van der Waals surface area contributed by atoms with Gasteiger partial charge in [-0.25, -0.2) is 0 Å². The van der Waals surface area contributed by atoms with Gasteiger partial charge in [0.2, 0.25) is 0 Å². The van der Waals surface area contributed by atoms with Crippen molar-refractivity contribution in [1.82, 2.24) is 5.32 Å². The standard InChI is InChI=1S/C10H16N2O/c11-6-8-3-4-12-7-9(8)10-2-1-5-13-10/h1-2,5,8-9,12H,3-4,6-7,11H2. The van der Waals surface area contributed by atoms with Gasteiger partial charge in [0.25, 0.3) is 0 Å². The van der Waals surface area contributed by atoms with E-state index in [1.54, 1.807) is 6.26 Å². The van der Waals surface area contributed by atoms with Crippen LogP contribution in [0.4, 0.5) is 0 Å². The first-order valence-corrected chi connectivity index (χ1v) is 4.86. The van der Waals surface area contributed by atoms with E-state index in [1.807, 2.05) is 12.1 Å². The second-order valence-electron chi connectivity index (χ2n) is 3.61. The average molecular weight is 180 g/mol. The zero-order valence-corrected chi connectivity index (χ0v) is 7.70. The number of nitrogens with two attached hydrogens (primary N) is 1. The Hall–Kier alpha value is -0.800. The monoisotopic (exact) mass is 180 g/mol. The number of hydrogen-bond acceptors (Lipinski definition) is 3. The molecule has 2 heterocycles. The molecule has 3 N–H and O–H groups in total. The molecule has 3 heteroatoms. The summed E-state index contributed by atoms with van der Waals surface area (Å²) in [7, 11) is 0. The zero-order chi connectivity index (χ0) is 9.10. The summed E-state index contributed by atoms with van der Waals surface area (Å²) >= 11 is 0. The Morgan fingerprint density at radius 3 is 3.23 bits per heavy atom. The topological polar surface area (TPSA) is 51.2 Å². The van der Waals surface area contributed by atoms with Crippen LogP contribution >= 0.6 is 0 Å². The normalized spacial score (nSPS) is 29.0. The first kappa shape index (κ1) is 8.78. The molecule has 2 atom stereocenters. The predicted molar refractivity (Wildman–Crippen MR) is 51.5 cm³/mol. The van der Waals surface area contributed by atoms with Gasteiger partial charge in [-0.05, 0) is 37.6 Å². The third-order valence-electron chi connectivity index (χ3n) is 2.84. The third-order valence-corrected chi connectivity index (χ3v) is 2.84. The van der Waals surface area contributed by atoms with E-state index in [0.29, 0.717) is 11.8 Å². The molecule has 1 fully saturated rings. The molecule has 1 aliphatic heterocycles. The van der Waals surface area contributed by atoms with Gasteiger partial charge in [-0.15, -0.1) is 0 Å². The van der Waals surface area contributed by atoms with Gasteiger partial charge in [-0.2, -0.15) is 0 Å². The Bertz CT molecular complexity index is 245. The molecular formula is C10H16N2O. The highest BCUT2D eigenvalue weighted by Gasteiger charge is 2.26. The molecule has 0 aliphatic carbocycles. The Balaban J connectivity index is 2.11. The fourth-order valence-electron chi connectivity index (χ4n) is 2.03. The van der Waals surface area contributed by atoms with E-state index in [4.69, 9.17) is 10.2 Å². The van der Waals surface area contributed by atoms with E-state index in [-0.39, 0.29) is 0 Å². The lowest BCUT2D eigenvalue weighted by atomic mass is 9.85. The first-order chi connectivity index (χ1) is 6.42. The number of hydrogen-bond donors (Lipinski definition) is 2. The van der Waals surface area contributed by atoms with Gasteiger partial charge in [0.15, 0.2) is 0 Å². The van der Waals surface area contributed by atoms with Crippen LogP contribution in [0.5, 0.6) is 0 Å². The molecule has 0 amide bonds. The van der Waals surface area contributed by atoms with E-state index in [2.05, 4.69) is 5.32 Å². The van der Waals surface area contributed by atoms with Crippen molar-refractivity contribution in [2.75, 3.05) is 19.6 Å². The van der Waals surface area contributed by atoms with Crippen molar-refractivity contribution in [3.8, 4) is 0 Å². The summed E-state index contributed by atoms with van der Waals surface area (Å²) in [4.78, 5) is 0. The van der Waals surface area contributed by atoms with Crippen molar-refractivity contribution in [3.05, 3.63) is 24.2 Å². The number of piperidine rings is 1. The zero-order valence-electron chi connectivity index (χ0n) is 7.70. The molecule has 0 bridgehead atoms. The minimum Gasteiger partial charge on any atom is -0.469 e. The second kappa shape index (κ2) is 3.94. The summed E-state index contributed by atoms with van der Waals surface area (Å²) < 4.78 is 5.41. The fourth-order valence-corrected chi connectivity index (χ4v) is 2.03. The number of rotatable bonds is 2. The van der Waals surface area contributed by atoms with E-state index < -0.39 is 0 Å². The van der Waals surface area contributed by atoms with Crippen LogP contribution < -0.4 is 11.1 Å². The maximum absolute atomic E-state index is 5.73. The van der Waals surface area contributed by atoms with E-state index >= 15 is 0 Å². The van der Waals surface area contributed by atoms with Gasteiger partial charge in [0.1, 0.15) is 5.76 Å². The van der Waals surface area contributed by atoms with Gasteiger partial charge in [-0.1, -0.05) is 0 Å². The van der Waals surface area contributed by atoms with Gasteiger partial charge in [0, 0.05) is 12.5 Å². The molecule has 72 valence electrons. The number of furan rings is 1. The van der Waals surface area contributed by atoms with Crippen LogP contribution in [0.25, 0.3) is 0 Å². The van der Waals surface area contributed by atoms with Gasteiger partial charge < -0.3 is 15.5 Å². The minimum absolute atomic E-state index is 0.466. The van der Waals surface area contributed by atoms with Crippen LogP contribution in [0, 0.1) is 5.92 Å². The molecule has 0 aromatic carbocycles. The van der Waals surface area contributed by atoms with E-state index in [1.165, 1.54) is 0 Å². The third kappa shape index (κ3) is 1.76. The van der Waals surface area contributed by atoms with Crippen LogP contribution in [0.2, 0.25) is 0 Å². The molecule has 2 unspecified atom stereocenters. The summed E-state index contributed by atoms with van der Waals surface area (Å²) in [6, 6.07) is 3.98. The molecular weight excluding hydrogens is 164 g/mol. The highest BCUT2D eigenvalue weighted by molar-refractivity contribution is 5.09. The summed E-state index contributed by atoms with van der Waals surface area (Å²) in [6.45, 7) is 2.83. The molecule has 1 saturated heterocycles. The summed E-state index contributed by atoms with van der Waals surface area (Å²) in [5.41, 5.74) is 5.73. The fraction of sp³-hybridized carbons (Fsp3) is 0.600. The molecule has 0 radical (unpaired) electrons. The van der Waals surface area contributed by atoms with Gasteiger partial charge >= 0.3 is 0 Å². The Kier molecular flexibility index (Phi) is 2.66. The first-order valence-electron chi connectivity index (χ1n) is 4.86. The summed E-state index contributed by atoms with van der Waals surface area (Å²) in [5.74, 6) is 2.11. The Labute approximate surface area is 78.3 Å². The van der Waals surface area contributed by atoms with Crippen molar-refractivity contribution in [2.24, 2.45) is 11.7 Å². The van der Waals surface area contributed by atoms with E-state index in [9.17, 15) is 0 Å². The maximum atomic E-state index is 5.73. The average Bonchev–Trinajstić information content (AvgIpc) is 2.70.